The number of nitrogens with zero attached hydrogens (tertiary/aromatic N) is 1. The lowest BCUT2D eigenvalue weighted by atomic mass is 9.74. The number of hydrogen-bond donors (Lipinski definition) is 2. The number of amides is 2. The molecule has 0 bridgehead atoms. The number of carbonyl (C=O) groups excluding carboxylic acids is 2. The average Bonchev–Trinajstić information content (AvgIpc) is 2.77. The van der Waals surface area contributed by atoms with E-state index in [0.717, 1.165) is 25.7 Å². The second-order valence-electron chi connectivity index (χ2n) is 6.11. The number of nitrogens with one attached hydrogen (secondary N) is 1. The van der Waals surface area contributed by atoms with Crippen molar-refractivity contribution in [3.63, 3.8) is 0 Å². The van der Waals surface area contributed by atoms with Crippen molar-refractivity contribution in [1.82, 2.24) is 10.2 Å². The summed E-state index contributed by atoms with van der Waals surface area (Å²) in [7, 11) is 1.73. The summed E-state index contributed by atoms with van der Waals surface area (Å²) in [5.41, 5.74) is -0.136. The van der Waals surface area contributed by atoms with E-state index in [4.69, 9.17) is 0 Å². The van der Waals surface area contributed by atoms with Crippen LogP contribution >= 0.6 is 0 Å². The van der Waals surface area contributed by atoms with Gasteiger partial charge in [-0.15, -0.1) is 0 Å². The molecule has 1 unspecified atom stereocenters. The molecular weight excluding hydrogens is 244 g/mol. The van der Waals surface area contributed by atoms with Crippen LogP contribution in [0.4, 0.5) is 0 Å². The minimum Gasteiger partial charge on any atom is -0.396 e. The Hall–Kier alpha value is -1.10. The molecule has 2 amide bonds. The van der Waals surface area contributed by atoms with Crippen molar-refractivity contribution in [1.29, 1.82) is 0 Å². The van der Waals surface area contributed by atoms with Crippen LogP contribution in [0.15, 0.2) is 0 Å². The van der Waals surface area contributed by atoms with Gasteiger partial charge < -0.3 is 15.3 Å². The first-order chi connectivity index (χ1) is 9.06. The molecule has 1 saturated carbocycles. The zero-order chi connectivity index (χ0) is 13.9. The van der Waals surface area contributed by atoms with E-state index >= 15 is 0 Å². The van der Waals surface area contributed by atoms with Crippen LogP contribution in [-0.4, -0.2) is 48.6 Å². The van der Waals surface area contributed by atoms with Gasteiger partial charge in [0.15, 0.2) is 0 Å². The minimum atomic E-state index is -0.225. The lowest BCUT2D eigenvalue weighted by Gasteiger charge is -2.35. The first-order valence-corrected chi connectivity index (χ1v) is 7.19. The van der Waals surface area contributed by atoms with Crippen LogP contribution in [-0.2, 0) is 9.59 Å². The second kappa shape index (κ2) is 5.90. The molecule has 0 aromatic carbocycles. The molecule has 5 nitrogen and oxygen atoms in total. The van der Waals surface area contributed by atoms with Crippen molar-refractivity contribution in [2.24, 2.45) is 11.3 Å². The SMILES string of the molecule is CN1CC(C(=O)NCC2(CO)CCCCC2)CC1=O. The molecule has 0 spiro atoms. The summed E-state index contributed by atoms with van der Waals surface area (Å²) in [6.45, 7) is 1.18. The Labute approximate surface area is 114 Å². The van der Waals surface area contributed by atoms with Gasteiger partial charge in [0.25, 0.3) is 0 Å². The Bertz CT molecular complexity index is 351. The number of aliphatic hydroxyl groups is 1. The second-order valence-corrected chi connectivity index (χ2v) is 6.11. The average molecular weight is 268 g/mol. The molecule has 1 aliphatic carbocycles. The Kier molecular flexibility index (Phi) is 4.45. The van der Waals surface area contributed by atoms with E-state index in [2.05, 4.69) is 5.32 Å². The molecule has 1 atom stereocenters. The number of rotatable bonds is 4. The summed E-state index contributed by atoms with van der Waals surface area (Å²) in [6.07, 6.45) is 5.74. The van der Waals surface area contributed by atoms with Gasteiger partial charge in [-0.1, -0.05) is 19.3 Å². The summed E-state index contributed by atoms with van der Waals surface area (Å²) in [4.78, 5) is 25.1. The topological polar surface area (TPSA) is 69.6 Å². The number of carbonyl (C=O) groups is 2. The summed E-state index contributed by atoms with van der Waals surface area (Å²) in [6, 6.07) is 0. The van der Waals surface area contributed by atoms with Crippen LogP contribution in [0.2, 0.25) is 0 Å². The number of aliphatic hydroxyl groups excluding tert-OH is 1. The molecule has 1 heterocycles. The standard InChI is InChI=1S/C14H24N2O3/c1-16-8-11(7-12(16)18)13(19)15-9-14(10-17)5-3-2-4-6-14/h11,17H,2-10H2,1H3,(H,15,19). The van der Waals surface area contributed by atoms with E-state index in [0.29, 0.717) is 19.5 Å². The normalized spacial score (nSPS) is 26.5. The highest BCUT2D eigenvalue weighted by Gasteiger charge is 2.35. The van der Waals surface area contributed by atoms with Crippen molar-refractivity contribution in [3.05, 3.63) is 0 Å². The first-order valence-electron chi connectivity index (χ1n) is 7.19. The molecule has 2 N–H and O–H groups in total. The van der Waals surface area contributed by atoms with Crippen LogP contribution in [0.3, 0.4) is 0 Å². The Morgan fingerprint density at radius 2 is 2.11 bits per heavy atom. The monoisotopic (exact) mass is 268 g/mol. The van der Waals surface area contributed by atoms with Gasteiger partial charge >= 0.3 is 0 Å². The van der Waals surface area contributed by atoms with Crippen LogP contribution in [0, 0.1) is 11.3 Å². The van der Waals surface area contributed by atoms with Crippen molar-refractivity contribution in [2.75, 3.05) is 26.7 Å². The van der Waals surface area contributed by atoms with Gasteiger partial charge in [-0.3, -0.25) is 9.59 Å². The molecule has 0 aromatic rings. The number of likely N-dealkylation sites (tertiary alicyclic amines) is 1. The Balaban J connectivity index is 1.84. The van der Waals surface area contributed by atoms with Crippen molar-refractivity contribution < 1.29 is 14.7 Å². The zero-order valence-electron chi connectivity index (χ0n) is 11.7. The predicted octanol–water partition coefficient (Wildman–Crippen LogP) is 0.524. The van der Waals surface area contributed by atoms with E-state index in [-0.39, 0.29) is 29.8 Å². The summed E-state index contributed by atoms with van der Waals surface area (Å²) in [5.74, 6) is -0.234. The maximum atomic E-state index is 12.1. The molecule has 2 rings (SSSR count). The van der Waals surface area contributed by atoms with Gasteiger partial charge in [0, 0.05) is 32.0 Å². The fraction of sp³-hybridized carbons (Fsp3) is 0.857. The number of hydrogen-bond acceptors (Lipinski definition) is 3. The molecule has 19 heavy (non-hydrogen) atoms. The van der Waals surface area contributed by atoms with Crippen LogP contribution in [0.5, 0.6) is 0 Å². The van der Waals surface area contributed by atoms with Gasteiger partial charge in [-0.2, -0.15) is 0 Å². The third-order valence-corrected chi connectivity index (χ3v) is 4.60. The van der Waals surface area contributed by atoms with Crippen LogP contribution < -0.4 is 5.32 Å². The lowest BCUT2D eigenvalue weighted by molar-refractivity contribution is -0.128. The molecule has 108 valence electrons. The third kappa shape index (κ3) is 3.26. The maximum absolute atomic E-state index is 12.1. The molecular formula is C14H24N2O3. The van der Waals surface area contributed by atoms with Gasteiger partial charge in [0.1, 0.15) is 0 Å². The Morgan fingerprint density at radius 1 is 1.42 bits per heavy atom. The molecule has 0 aromatic heterocycles. The van der Waals surface area contributed by atoms with Gasteiger partial charge in [0.05, 0.1) is 12.5 Å². The summed E-state index contributed by atoms with van der Waals surface area (Å²) < 4.78 is 0. The van der Waals surface area contributed by atoms with Gasteiger partial charge in [0.2, 0.25) is 11.8 Å². The van der Waals surface area contributed by atoms with E-state index in [1.54, 1.807) is 11.9 Å². The molecule has 1 saturated heterocycles. The quantitative estimate of drug-likeness (QED) is 0.781. The summed E-state index contributed by atoms with van der Waals surface area (Å²) in [5, 5.41) is 12.5. The van der Waals surface area contributed by atoms with Crippen molar-refractivity contribution in [2.45, 2.75) is 38.5 Å². The molecule has 2 fully saturated rings. The smallest absolute Gasteiger partial charge is 0.225 e. The Morgan fingerprint density at radius 3 is 2.63 bits per heavy atom. The fourth-order valence-electron chi connectivity index (χ4n) is 3.15. The van der Waals surface area contributed by atoms with E-state index in [1.165, 1.54) is 6.42 Å². The highest BCUT2D eigenvalue weighted by Crippen LogP contribution is 2.35. The van der Waals surface area contributed by atoms with E-state index < -0.39 is 0 Å². The van der Waals surface area contributed by atoms with Gasteiger partial charge in [-0.05, 0) is 12.8 Å². The maximum Gasteiger partial charge on any atom is 0.225 e. The molecule has 0 radical (unpaired) electrons. The van der Waals surface area contributed by atoms with Crippen LogP contribution in [0.25, 0.3) is 0 Å². The van der Waals surface area contributed by atoms with Crippen molar-refractivity contribution in [3.8, 4) is 0 Å². The molecule has 1 aliphatic heterocycles. The fourth-order valence-corrected chi connectivity index (χ4v) is 3.15. The highest BCUT2D eigenvalue weighted by atomic mass is 16.3. The molecule has 2 aliphatic rings. The zero-order valence-corrected chi connectivity index (χ0v) is 11.7. The molecule has 5 heteroatoms. The predicted molar refractivity (Wildman–Crippen MR) is 71.4 cm³/mol. The van der Waals surface area contributed by atoms with E-state index in [1.807, 2.05) is 0 Å². The minimum absolute atomic E-state index is 0.0367. The lowest BCUT2D eigenvalue weighted by Crippen LogP contribution is -2.43. The first kappa shape index (κ1) is 14.3. The van der Waals surface area contributed by atoms with E-state index in [9.17, 15) is 14.7 Å². The highest BCUT2D eigenvalue weighted by molar-refractivity contribution is 5.89. The summed E-state index contributed by atoms with van der Waals surface area (Å²) >= 11 is 0. The third-order valence-electron chi connectivity index (χ3n) is 4.60. The van der Waals surface area contributed by atoms with Gasteiger partial charge in [-0.25, -0.2) is 0 Å². The van der Waals surface area contributed by atoms with Crippen molar-refractivity contribution >= 4 is 11.8 Å². The largest absolute Gasteiger partial charge is 0.396 e. The van der Waals surface area contributed by atoms with Crippen LogP contribution in [0.1, 0.15) is 38.5 Å².